The molecule has 0 aliphatic carbocycles. The van der Waals surface area contributed by atoms with Crippen LogP contribution < -0.4 is 0 Å². The molecule has 20 heavy (non-hydrogen) atoms. The first-order valence-electron chi connectivity index (χ1n) is 8.18. The van der Waals surface area contributed by atoms with E-state index in [1.807, 2.05) is 0 Å². The summed E-state index contributed by atoms with van der Waals surface area (Å²) < 4.78 is 4.61. The molecule has 0 saturated heterocycles. The fourth-order valence-corrected chi connectivity index (χ4v) is 1.99. The number of methoxy groups -OCH3 is 1. The Bertz CT molecular complexity index is 267. The number of ether oxygens (including phenoxy) is 1. The molecule has 0 aliphatic heterocycles. The van der Waals surface area contributed by atoms with Gasteiger partial charge in [0, 0.05) is 6.42 Å². The highest BCUT2D eigenvalue weighted by Crippen LogP contribution is 2.08. The molecule has 0 atom stereocenters. The molecule has 0 bridgehead atoms. The Morgan fingerprint density at radius 3 is 2.10 bits per heavy atom. The molecule has 0 rings (SSSR count). The van der Waals surface area contributed by atoms with Gasteiger partial charge in [0.25, 0.3) is 0 Å². The van der Waals surface area contributed by atoms with Gasteiger partial charge in [0.05, 0.1) is 7.11 Å². The lowest BCUT2D eigenvalue weighted by molar-refractivity contribution is -0.140. The monoisotopic (exact) mass is 280 g/mol. The van der Waals surface area contributed by atoms with Crippen LogP contribution in [-0.4, -0.2) is 13.1 Å². The molecule has 0 fully saturated rings. The summed E-state index contributed by atoms with van der Waals surface area (Å²) in [7, 11) is 1.45. The second-order valence-electron chi connectivity index (χ2n) is 5.20. The lowest BCUT2D eigenvalue weighted by Gasteiger charge is -1.99. The molecular weight excluding hydrogens is 248 g/mol. The van der Waals surface area contributed by atoms with Crippen molar-refractivity contribution in [2.45, 2.75) is 77.6 Å². The molecule has 0 aromatic carbocycles. The Kier molecular flexibility index (Phi) is 15.2. The quantitative estimate of drug-likeness (QED) is 0.250. The van der Waals surface area contributed by atoms with E-state index in [2.05, 4.69) is 36.0 Å². The molecular formula is C18H32O2. The van der Waals surface area contributed by atoms with E-state index in [0.717, 1.165) is 19.3 Å². The van der Waals surface area contributed by atoms with Crippen molar-refractivity contribution in [3.8, 4) is 0 Å². The predicted octanol–water partition coefficient (Wildman–Crippen LogP) is 5.58. The van der Waals surface area contributed by atoms with Crippen molar-refractivity contribution in [2.75, 3.05) is 7.11 Å². The smallest absolute Gasteiger partial charge is 0.305 e. The number of rotatable bonds is 13. The maximum atomic E-state index is 10.9. The Labute approximate surface area is 125 Å². The lowest BCUT2D eigenvalue weighted by Crippen LogP contribution is -1.98. The Morgan fingerprint density at radius 1 is 0.850 bits per heavy atom. The number of allylic oxidation sites excluding steroid dienone is 4. The van der Waals surface area contributed by atoms with Crippen molar-refractivity contribution in [3.63, 3.8) is 0 Å². The van der Waals surface area contributed by atoms with E-state index in [1.54, 1.807) is 0 Å². The second kappa shape index (κ2) is 16.0. The number of unbranched alkanes of at least 4 members (excludes halogenated alkanes) is 7. The standard InChI is InChI=1S/C18H32O2/c1-3-4-5-6-7-8-9-10-11-12-13-14-15-16-17-18(19)20-2/h6-7,9-10H,3-5,8,11-17H2,1-2H3. The SMILES string of the molecule is CCCCC=CCC=CCCCCCCCC(=O)OC. The highest BCUT2D eigenvalue weighted by atomic mass is 16.5. The molecule has 0 aromatic heterocycles. The lowest BCUT2D eigenvalue weighted by atomic mass is 10.1. The van der Waals surface area contributed by atoms with E-state index in [0.29, 0.717) is 6.42 Å². The van der Waals surface area contributed by atoms with E-state index in [1.165, 1.54) is 52.1 Å². The van der Waals surface area contributed by atoms with Gasteiger partial charge in [0.2, 0.25) is 0 Å². The van der Waals surface area contributed by atoms with Crippen molar-refractivity contribution in [3.05, 3.63) is 24.3 Å². The molecule has 116 valence electrons. The first-order valence-corrected chi connectivity index (χ1v) is 8.18. The zero-order chi connectivity index (χ0) is 14.9. The summed E-state index contributed by atoms with van der Waals surface area (Å²) in [6, 6.07) is 0. The highest BCUT2D eigenvalue weighted by Gasteiger charge is 1.98. The molecule has 0 spiro atoms. The Morgan fingerprint density at radius 2 is 1.45 bits per heavy atom. The van der Waals surface area contributed by atoms with E-state index in [4.69, 9.17) is 0 Å². The summed E-state index contributed by atoms with van der Waals surface area (Å²) in [5.74, 6) is -0.0834. The summed E-state index contributed by atoms with van der Waals surface area (Å²) in [5.41, 5.74) is 0. The average molecular weight is 280 g/mol. The van der Waals surface area contributed by atoms with Crippen LogP contribution in [0.1, 0.15) is 77.6 Å². The van der Waals surface area contributed by atoms with Gasteiger partial charge in [-0.1, -0.05) is 63.3 Å². The third-order valence-corrected chi connectivity index (χ3v) is 3.31. The van der Waals surface area contributed by atoms with Gasteiger partial charge in [-0.3, -0.25) is 4.79 Å². The van der Waals surface area contributed by atoms with Crippen LogP contribution in [0.15, 0.2) is 24.3 Å². The normalized spacial score (nSPS) is 11.5. The van der Waals surface area contributed by atoms with Gasteiger partial charge >= 0.3 is 5.97 Å². The molecule has 0 amide bonds. The van der Waals surface area contributed by atoms with Gasteiger partial charge in [-0.15, -0.1) is 0 Å². The summed E-state index contributed by atoms with van der Waals surface area (Å²) in [5, 5.41) is 0. The molecule has 0 aromatic rings. The highest BCUT2D eigenvalue weighted by molar-refractivity contribution is 5.68. The summed E-state index contributed by atoms with van der Waals surface area (Å²) in [6.45, 7) is 2.23. The third kappa shape index (κ3) is 15.0. The van der Waals surface area contributed by atoms with Crippen molar-refractivity contribution < 1.29 is 9.53 Å². The van der Waals surface area contributed by atoms with Gasteiger partial charge in [0.1, 0.15) is 0 Å². The van der Waals surface area contributed by atoms with Crippen LogP contribution in [0.25, 0.3) is 0 Å². The first-order chi connectivity index (χ1) is 9.81. The number of carbonyl (C=O) groups excluding carboxylic acids is 1. The van der Waals surface area contributed by atoms with Gasteiger partial charge < -0.3 is 4.74 Å². The van der Waals surface area contributed by atoms with Gasteiger partial charge in [-0.25, -0.2) is 0 Å². The number of hydrogen-bond donors (Lipinski definition) is 0. The first kappa shape index (κ1) is 18.9. The summed E-state index contributed by atoms with van der Waals surface area (Å²) in [4.78, 5) is 10.9. The summed E-state index contributed by atoms with van der Waals surface area (Å²) in [6.07, 6.45) is 21.6. The van der Waals surface area contributed by atoms with E-state index < -0.39 is 0 Å². The van der Waals surface area contributed by atoms with E-state index >= 15 is 0 Å². The largest absolute Gasteiger partial charge is 0.469 e. The van der Waals surface area contributed by atoms with Crippen LogP contribution >= 0.6 is 0 Å². The van der Waals surface area contributed by atoms with Gasteiger partial charge in [-0.05, 0) is 32.1 Å². The van der Waals surface area contributed by atoms with Gasteiger partial charge in [-0.2, -0.15) is 0 Å². The fraction of sp³-hybridized carbons (Fsp3) is 0.722. The topological polar surface area (TPSA) is 26.3 Å². The molecule has 2 nitrogen and oxygen atoms in total. The van der Waals surface area contributed by atoms with Crippen molar-refractivity contribution in [1.29, 1.82) is 0 Å². The molecule has 2 heteroatoms. The minimum atomic E-state index is -0.0834. The number of carbonyl (C=O) groups is 1. The minimum absolute atomic E-state index is 0.0834. The molecule has 0 radical (unpaired) electrons. The average Bonchev–Trinajstić information content (AvgIpc) is 2.47. The van der Waals surface area contributed by atoms with Gasteiger partial charge in [0.15, 0.2) is 0 Å². The summed E-state index contributed by atoms with van der Waals surface area (Å²) >= 11 is 0. The maximum absolute atomic E-state index is 10.9. The molecule has 0 aliphatic rings. The van der Waals surface area contributed by atoms with Crippen LogP contribution in [0, 0.1) is 0 Å². The van der Waals surface area contributed by atoms with Crippen molar-refractivity contribution >= 4 is 5.97 Å². The maximum Gasteiger partial charge on any atom is 0.305 e. The zero-order valence-electron chi connectivity index (χ0n) is 13.4. The van der Waals surface area contributed by atoms with Crippen LogP contribution in [-0.2, 0) is 9.53 Å². The zero-order valence-corrected chi connectivity index (χ0v) is 13.4. The van der Waals surface area contributed by atoms with E-state index in [9.17, 15) is 4.79 Å². The van der Waals surface area contributed by atoms with Crippen molar-refractivity contribution in [1.82, 2.24) is 0 Å². The second-order valence-corrected chi connectivity index (χ2v) is 5.20. The molecule has 0 N–H and O–H groups in total. The van der Waals surface area contributed by atoms with Crippen LogP contribution in [0.5, 0.6) is 0 Å². The van der Waals surface area contributed by atoms with Crippen LogP contribution in [0.2, 0.25) is 0 Å². The van der Waals surface area contributed by atoms with E-state index in [-0.39, 0.29) is 5.97 Å². The van der Waals surface area contributed by atoms with Crippen LogP contribution in [0.3, 0.4) is 0 Å². The Hall–Kier alpha value is -1.05. The number of hydrogen-bond acceptors (Lipinski definition) is 2. The molecule has 0 heterocycles. The van der Waals surface area contributed by atoms with Crippen molar-refractivity contribution in [2.24, 2.45) is 0 Å². The van der Waals surface area contributed by atoms with Crippen LogP contribution in [0.4, 0.5) is 0 Å². The minimum Gasteiger partial charge on any atom is -0.469 e. The predicted molar refractivity (Wildman–Crippen MR) is 86.8 cm³/mol. The molecule has 0 saturated carbocycles. The number of esters is 1. The Balaban J connectivity index is 3.19. The third-order valence-electron chi connectivity index (χ3n) is 3.31. The molecule has 0 unspecified atom stereocenters. The fourth-order valence-electron chi connectivity index (χ4n) is 1.99.